The molecule has 0 bridgehead atoms. The molecule has 2 unspecified atom stereocenters. The third-order valence-corrected chi connectivity index (χ3v) is 3.56. The van der Waals surface area contributed by atoms with Crippen molar-refractivity contribution >= 4 is 23.8 Å². The van der Waals surface area contributed by atoms with Crippen molar-refractivity contribution in [3.8, 4) is 0 Å². The second kappa shape index (κ2) is 10.1. The predicted octanol–water partition coefficient (Wildman–Crippen LogP) is 1.93. The van der Waals surface area contributed by atoms with Crippen molar-refractivity contribution in [2.75, 3.05) is 18.1 Å². The number of amides is 2. The molecule has 2 atom stereocenters. The minimum atomic E-state index is -0.870. The number of nitrogens with one attached hydrogen (secondary N) is 2. The molecule has 18 heavy (non-hydrogen) atoms. The van der Waals surface area contributed by atoms with Crippen LogP contribution in [-0.2, 0) is 4.79 Å². The van der Waals surface area contributed by atoms with Crippen LogP contribution in [0.2, 0.25) is 0 Å². The summed E-state index contributed by atoms with van der Waals surface area (Å²) in [5.74, 6) is 0.715. The number of rotatable bonds is 9. The van der Waals surface area contributed by atoms with Crippen LogP contribution < -0.4 is 10.6 Å². The molecule has 0 aromatic rings. The highest BCUT2D eigenvalue weighted by Crippen LogP contribution is 2.04. The summed E-state index contributed by atoms with van der Waals surface area (Å²) in [5.41, 5.74) is 0. The normalized spacial score (nSPS) is 13.7. The first kappa shape index (κ1) is 17.1. The average Bonchev–Trinajstić information content (AvgIpc) is 2.29. The molecule has 0 aliphatic rings. The van der Waals surface area contributed by atoms with E-state index in [1.165, 1.54) is 0 Å². The Kier molecular flexibility index (Phi) is 9.55. The van der Waals surface area contributed by atoms with E-state index in [-0.39, 0.29) is 18.6 Å². The van der Waals surface area contributed by atoms with Gasteiger partial charge in [0.1, 0.15) is 0 Å². The number of carbonyl (C=O) groups is 2. The maximum atomic E-state index is 11.5. The summed E-state index contributed by atoms with van der Waals surface area (Å²) in [6.45, 7) is 6.02. The zero-order valence-electron chi connectivity index (χ0n) is 11.4. The molecule has 0 spiro atoms. The first-order chi connectivity index (χ1) is 8.51. The van der Waals surface area contributed by atoms with Gasteiger partial charge in [-0.25, -0.2) is 4.79 Å². The summed E-state index contributed by atoms with van der Waals surface area (Å²) >= 11 is 1.84. The minimum Gasteiger partial charge on any atom is -0.481 e. The van der Waals surface area contributed by atoms with Crippen LogP contribution in [0, 0.1) is 5.92 Å². The Labute approximate surface area is 113 Å². The van der Waals surface area contributed by atoms with Gasteiger partial charge in [0.05, 0.1) is 5.92 Å². The summed E-state index contributed by atoms with van der Waals surface area (Å²) in [5, 5.41) is 14.2. The quantitative estimate of drug-likeness (QED) is 0.562. The molecule has 0 heterocycles. The Hall–Kier alpha value is -0.910. The topological polar surface area (TPSA) is 78.4 Å². The number of aliphatic carboxylic acids is 1. The Morgan fingerprint density at radius 3 is 2.50 bits per heavy atom. The molecule has 2 amide bonds. The third-order valence-electron chi connectivity index (χ3n) is 2.63. The molecule has 0 fully saturated rings. The number of carboxylic acid groups (broad SMARTS) is 1. The van der Waals surface area contributed by atoms with Gasteiger partial charge in [0.2, 0.25) is 0 Å². The van der Waals surface area contributed by atoms with E-state index in [2.05, 4.69) is 17.6 Å². The van der Waals surface area contributed by atoms with Crippen LogP contribution in [0.4, 0.5) is 4.79 Å². The molecular weight excluding hydrogens is 252 g/mol. The van der Waals surface area contributed by atoms with Crippen molar-refractivity contribution < 1.29 is 14.7 Å². The monoisotopic (exact) mass is 276 g/mol. The summed E-state index contributed by atoms with van der Waals surface area (Å²) in [6, 6.07) is -0.183. The molecule has 0 aromatic heterocycles. The van der Waals surface area contributed by atoms with Crippen molar-refractivity contribution in [3.05, 3.63) is 0 Å². The lowest BCUT2D eigenvalue weighted by Gasteiger charge is -2.16. The van der Waals surface area contributed by atoms with Crippen molar-refractivity contribution in [3.63, 3.8) is 0 Å². The summed E-state index contributed by atoms with van der Waals surface area (Å²) in [7, 11) is 0. The molecule has 0 aromatic carbocycles. The molecular formula is C12H24N2O3S. The molecule has 0 radical (unpaired) electrons. The average molecular weight is 276 g/mol. The largest absolute Gasteiger partial charge is 0.481 e. The first-order valence-electron chi connectivity index (χ1n) is 6.36. The Balaban J connectivity index is 3.79. The van der Waals surface area contributed by atoms with E-state index < -0.39 is 11.9 Å². The highest BCUT2D eigenvalue weighted by molar-refractivity contribution is 7.99. The third kappa shape index (κ3) is 8.22. The zero-order chi connectivity index (χ0) is 14.0. The molecule has 0 rings (SSSR count). The van der Waals surface area contributed by atoms with Gasteiger partial charge in [0.25, 0.3) is 0 Å². The number of carboxylic acids is 1. The van der Waals surface area contributed by atoms with Gasteiger partial charge in [0.15, 0.2) is 0 Å². The maximum Gasteiger partial charge on any atom is 0.315 e. The van der Waals surface area contributed by atoms with E-state index in [1.807, 2.05) is 18.7 Å². The molecule has 0 aliphatic carbocycles. The highest BCUT2D eigenvalue weighted by atomic mass is 32.2. The zero-order valence-corrected chi connectivity index (χ0v) is 12.2. The number of hydrogen-bond acceptors (Lipinski definition) is 3. The first-order valence-corrected chi connectivity index (χ1v) is 7.51. The summed E-state index contributed by atoms with van der Waals surface area (Å²) < 4.78 is 0. The van der Waals surface area contributed by atoms with Crippen molar-refractivity contribution in [1.82, 2.24) is 10.6 Å². The van der Waals surface area contributed by atoms with Crippen molar-refractivity contribution in [2.45, 2.75) is 39.7 Å². The van der Waals surface area contributed by atoms with Gasteiger partial charge in [-0.1, -0.05) is 13.8 Å². The van der Waals surface area contributed by atoms with E-state index in [4.69, 9.17) is 5.11 Å². The lowest BCUT2D eigenvalue weighted by molar-refractivity contribution is -0.141. The number of hydrogen-bond donors (Lipinski definition) is 3. The lowest BCUT2D eigenvalue weighted by Crippen LogP contribution is -2.43. The Morgan fingerprint density at radius 2 is 2.00 bits per heavy atom. The number of urea groups is 1. The fourth-order valence-electron chi connectivity index (χ4n) is 1.37. The smallest absolute Gasteiger partial charge is 0.315 e. The minimum absolute atomic E-state index is 0.106. The standard InChI is InChI=1S/C12H24N2O3S/c1-4-10(11(15)16)8-13-12(17)14-9(3)6-7-18-5-2/h9-10H,4-8H2,1-3H3,(H,15,16)(H2,13,14,17). The van der Waals surface area contributed by atoms with Gasteiger partial charge in [-0.3, -0.25) is 4.79 Å². The highest BCUT2D eigenvalue weighted by Gasteiger charge is 2.16. The molecule has 0 aliphatic heterocycles. The van der Waals surface area contributed by atoms with Crippen LogP contribution in [-0.4, -0.2) is 41.2 Å². The SMILES string of the molecule is CCSCCC(C)NC(=O)NCC(CC)C(=O)O. The second-order valence-electron chi connectivity index (χ2n) is 4.18. The van der Waals surface area contributed by atoms with E-state index in [0.717, 1.165) is 17.9 Å². The van der Waals surface area contributed by atoms with Crippen molar-refractivity contribution in [2.24, 2.45) is 5.92 Å². The lowest BCUT2D eigenvalue weighted by atomic mass is 10.1. The van der Waals surface area contributed by atoms with Crippen LogP contribution in [0.1, 0.15) is 33.6 Å². The van der Waals surface area contributed by atoms with Crippen molar-refractivity contribution in [1.29, 1.82) is 0 Å². The molecule has 3 N–H and O–H groups in total. The van der Waals surface area contributed by atoms with E-state index in [1.54, 1.807) is 6.92 Å². The fraction of sp³-hybridized carbons (Fsp3) is 0.833. The van der Waals surface area contributed by atoms with Crippen LogP contribution in [0.5, 0.6) is 0 Å². The van der Waals surface area contributed by atoms with Gasteiger partial charge < -0.3 is 15.7 Å². The Morgan fingerprint density at radius 1 is 1.33 bits per heavy atom. The van der Waals surface area contributed by atoms with Gasteiger partial charge >= 0.3 is 12.0 Å². The second-order valence-corrected chi connectivity index (χ2v) is 5.58. The van der Waals surface area contributed by atoms with Gasteiger partial charge in [0, 0.05) is 12.6 Å². The summed E-state index contributed by atoms with van der Waals surface area (Å²) in [4.78, 5) is 22.3. The van der Waals surface area contributed by atoms with E-state index >= 15 is 0 Å². The maximum absolute atomic E-state index is 11.5. The van der Waals surface area contributed by atoms with E-state index in [9.17, 15) is 9.59 Å². The molecule has 106 valence electrons. The molecule has 0 saturated heterocycles. The van der Waals surface area contributed by atoms with Gasteiger partial charge in [-0.2, -0.15) is 11.8 Å². The summed E-state index contributed by atoms with van der Waals surface area (Å²) in [6.07, 6.45) is 1.43. The van der Waals surface area contributed by atoms with Gasteiger partial charge in [-0.15, -0.1) is 0 Å². The number of carbonyl (C=O) groups excluding carboxylic acids is 1. The molecule has 0 saturated carbocycles. The number of thioether (sulfide) groups is 1. The fourth-order valence-corrected chi connectivity index (χ4v) is 2.18. The molecule has 5 nitrogen and oxygen atoms in total. The van der Waals surface area contributed by atoms with Crippen LogP contribution >= 0.6 is 11.8 Å². The molecule has 6 heteroatoms. The van der Waals surface area contributed by atoms with Crippen LogP contribution in [0.3, 0.4) is 0 Å². The van der Waals surface area contributed by atoms with Gasteiger partial charge in [-0.05, 0) is 31.3 Å². The van der Waals surface area contributed by atoms with Crippen LogP contribution in [0.15, 0.2) is 0 Å². The van der Waals surface area contributed by atoms with E-state index in [0.29, 0.717) is 6.42 Å². The predicted molar refractivity (Wildman–Crippen MR) is 75.0 cm³/mol. The van der Waals surface area contributed by atoms with Crippen LogP contribution in [0.25, 0.3) is 0 Å². The Bertz CT molecular complexity index is 262.